The molecule has 0 radical (unpaired) electrons. The first-order valence-electron chi connectivity index (χ1n) is 6.39. The fourth-order valence-corrected chi connectivity index (χ4v) is 2.51. The summed E-state index contributed by atoms with van der Waals surface area (Å²) in [5.41, 5.74) is 2.12. The third kappa shape index (κ3) is 2.88. The van der Waals surface area contributed by atoms with Crippen LogP contribution in [0.2, 0.25) is 5.28 Å². The van der Waals surface area contributed by atoms with Crippen molar-refractivity contribution in [3.63, 3.8) is 0 Å². The quantitative estimate of drug-likeness (QED) is 0.671. The van der Waals surface area contributed by atoms with E-state index >= 15 is 0 Å². The highest BCUT2D eigenvalue weighted by Gasteiger charge is 2.23. The van der Waals surface area contributed by atoms with E-state index in [9.17, 15) is 8.78 Å². The van der Waals surface area contributed by atoms with Gasteiger partial charge in [0.2, 0.25) is 5.28 Å². The van der Waals surface area contributed by atoms with Gasteiger partial charge in [0.15, 0.2) is 0 Å². The second kappa shape index (κ2) is 5.07. The molecule has 3 nitrogen and oxygen atoms in total. The summed E-state index contributed by atoms with van der Waals surface area (Å²) in [6, 6.07) is 9.09. The highest BCUT2D eigenvalue weighted by Crippen LogP contribution is 2.31. The molecule has 0 atom stereocenters. The molecule has 0 spiro atoms. The standard InChI is InChI=1S/C15H12ClF2N3/c1-15(17,18)9-21-8-11(10-4-2-3-5-13(10)21)12-6-7-19-14(16)20-12/h2-8H,9H2,1H3. The van der Waals surface area contributed by atoms with Gasteiger partial charge in [-0.15, -0.1) is 0 Å². The number of fused-ring (bicyclic) bond motifs is 1. The number of benzene rings is 1. The molecular weight excluding hydrogens is 296 g/mol. The molecule has 3 rings (SSSR count). The van der Waals surface area contributed by atoms with Crippen molar-refractivity contribution in [1.29, 1.82) is 0 Å². The lowest BCUT2D eigenvalue weighted by atomic mass is 10.1. The van der Waals surface area contributed by atoms with Crippen molar-refractivity contribution in [1.82, 2.24) is 14.5 Å². The number of nitrogens with zero attached hydrogens (tertiary/aromatic N) is 3. The Balaban J connectivity index is 2.20. The van der Waals surface area contributed by atoms with Gasteiger partial charge in [-0.1, -0.05) is 18.2 Å². The number of para-hydroxylation sites is 1. The third-order valence-electron chi connectivity index (χ3n) is 3.14. The van der Waals surface area contributed by atoms with Gasteiger partial charge >= 0.3 is 0 Å². The van der Waals surface area contributed by atoms with Gasteiger partial charge in [-0.25, -0.2) is 18.7 Å². The molecule has 21 heavy (non-hydrogen) atoms. The van der Waals surface area contributed by atoms with Crippen molar-refractivity contribution in [3.05, 3.63) is 48.0 Å². The lowest BCUT2D eigenvalue weighted by Crippen LogP contribution is -2.18. The Bertz CT molecular complexity index is 793. The Morgan fingerprint density at radius 1 is 1.24 bits per heavy atom. The van der Waals surface area contributed by atoms with Crippen LogP contribution in [0.5, 0.6) is 0 Å². The van der Waals surface area contributed by atoms with Crippen molar-refractivity contribution in [2.75, 3.05) is 0 Å². The fraction of sp³-hybridized carbons (Fsp3) is 0.200. The highest BCUT2D eigenvalue weighted by molar-refractivity contribution is 6.28. The van der Waals surface area contributed by atoms with Gasteiger partial charge < -0.3 is 4.57 Å². The Morgan fingerprint density at radius 3 is 2.71 bits per heavy atom. The van der Waals surface area contributed by atoms with Crippen LogP contribution >= 0.6 is 11.6 Å². The van der Waals surface area contributed by atoms with Gasteiger partial charge in [0.1, 0.15) is 0 Å². The van der Waals surface area contributed by atoms with Gasteiger partial charge in [-0.05, 0) is 23.7 Å². The molecule has 108 valence electrons. The molecule has 0 N–H and O–H groups in total. The van der Waals surface area contributed by atoms with Crippen LogP contribution in [0.4, 0.5) is 8.78 Å². The number of rotatable bonds is 3. The fourth-order valence-electron chi connectivity index (χ4n) is 2.37. The summed E-state index contributed by atoms with van der Waals surface area (Å²) in [6.45, 7) is 0.523. The summed E-state index contributed by atoms with van der Waals surface area (Å²) in [6.07, 6.45) is 3.23. The van der Waals surface area contributed by atoms with E-state index < -0.39 is 5.92 Å². The van der Waals surface area contributed by atoms with Gasteiger partial charge in [0, 0.05) is 35.8 Å². The summed E-state index contributed by atoms with van der Waals surface area (Å²) in [5, 5.41) is 0.988. The minimum atomic E-state index is -2.79. The number of aromatic nitrogens is 3. The first-order valence-corrected chi connectivity index (χ1v) is 6.76. The van der Waals surface area contributed by atoms with Crippen molar-refractivity contribution >= 4 is 22.5 Å². The Morgan fingerprint density at radius 2 is 2.00 bits per heavy atom. The minimum absolute atomic E-state index is 0.130. The summed E-state index contributed by atoms with van der Waals surface area (Å²) in [5.74, 6) is -2.79. The van der Waals surface area contributed by atoms with Gasteiger partial charge in [0.25, 0.3) is 5.92 Å². The van der Waals surface area contributed by atoms with Gasteiger partial charge in [-0.2, -0.15) is 0 Å². The van der Waals surface area contributed by atoms with Crippen LogP contribution < -0.4 is 0 Å². The maximum absolute atomic E-state index is 13.3. The maximum atomic E-state index is 13.3. The second-order valence-electron chi connectivity index (χ2n) is 4.97. The average molecular weight is 308 g/mol. The zero-order valence-corrected chi connectivity index (χ0v) is 12.0. The smallest absolute Gasteiger partial charge is 0.262 e. The zero-order valence-electron chi connectivity index (χ0n) is 11.2. The summed E-state index contributed by atoms with van der Waals surface area (Å²) in [4.78, 5) is 8.00. The monoisotopic (exact) mass is 307 g/mol. The predicted molar refractivity (Wildman–Crippen MR) is 78.6 cm³/mol. The van der Waals surface area contributed by atoms with Crippen LogP contribution in [0.1, 0.15) is 6.92 Å². The molecule has 0 aliphatic rings. The second-order valence-corrected chi connectivity index (χ2v) is 5.31. The largest absolute Gasteiger partial charge is 0.341 e. The molecule has 1 aromatic carbocycles. The molecule has 0 fully saturated rings. The zero-order chi connectivity index (χ0) is 15.0. The topological polar surface area (TPSA) is 30.7 Å². The van der Waals surface area contributed by atoms with Gasteiger partial charge in [0.05, 0.1) is 12.2 Å². The maximum Gasteiger partial charge on any atom is 0.262 e. The van der Waals surface area contributed by atoms with E-state index in [-0.39, 0.29) is 11.8 Å². The molecular formula is C15H12ClF2N3. The highest BCUT2D eigenvalue weighted by atomic mass is 35.5. The lowest BCUT2D eigenvalue weighted by Gasteiger charge is -2.12. The number of halogens is 3. The van der Waals surface area contributed by atoms with E-state index in [1.807, 2.05) is 24.3 Å². The summed E-state index contributed by atoms with van der Waals surface area (Å²) in [7, 11) is 0. The molecule has 0 amide bonds. The van der Waals surface area contributed by atoms with E-state index in [1.54, 1.807) is 23.0 Å². The first-order chi connectivity index (χ1) is 9.94. The predicted octanol–water partition coefficient (Wildman–Crippen LogP) is 4.41. The summed E-state index contributed by atoms with van der Waals surface area (Å²) >= 11 is 5.81. The van der Waals surface area contributed by atoms with Crippen molar-refractivity contribution in [3.8, 4) is 11.3 Å². The van der Waals surface area contributed by atoms with Crippen LogP contribution in [0.25, 0.3) is 22.2 Å². The molecule has 0 unspecified atom stereocenters. The van der Waals surface area contributed by atoms with E-state index in [2.05, 4.69) is 9.97 Å². The van der Waals surface area contributed by atoms with Crippen LogP contribution in [0.15, 0.2) is 42.7 Å². The van der Waals surface area contributed by atoms with E-state index in [4.69, 9.17) is 11.6 Å². The molecule has 3 aromatic rings. The van der Waals surface area contributed by atoms with E-state index in [0.29, 0.717) is 5.69 Å². The Labute approximate surface area is 125 Å². The molecule has 0 aliphatic heterocycles. The summed E-state index contributed by atoms with van der Waals surface area (Å²) < 4.78 is 28.2. The lowest BCUT2D eigenvalue weighted by molar-refractivity contribution is 0.00512. The number of hydrogen-bond donors (Lipinski definition) is 0. The molecule has 0 saturated heterocycles. The Hall–Kier alpha value is -2.01. The third-order valence-corrected chi connectivity index (χ3v) is 3.32. The number of hydrogen-bond acceptors (Lipinski definition) is 2. The van der Waals surface area contributed by atoms with Crippen molar-refractivity contribution in [2.24, 2.45) is 0 Å². The molecule has 2 aromatic heterocycles. The van der Waals surface area contributed by atoms with Crippen LogP contribution in [-0.2, 0) is 6.54 Å². The number of alkyl halides is 2. The van der Waals surface area contributed by atoms with Crippen molar-refractivity contribution in [2.45, 2.75) is 19.4 Å². The molecule has 0 bridgehead atoms. The average Bonchev–Trinajstić information content (AvgIpc) is 2.76. The molecule has 0 saturated carbocycles. The molecule has 2 heterocycles. The van der Waals surface area contributed by atoms with Crippen LogP contribution in [0, 0.1) is 0 Å². The normalized spacial score (nSPS) is 12.0. The molecule has 0 aliphatic carbocycles. The minimum Gasteiger partial charge on any atom is -0.341 e. The SMILES string of the molecule is CC(F)(F)Cn1cc(-c2ccnc(Cl)n2)c2ccccc21. The van der Waals surface area contributed by atoms with E-state index in [0.717, 1.165) is 23.4 Å². The van der Waals surface area contributed by atoms with Gasteiger partial charge in [-0.3, -0.25) is 0 Å². The van der Waals surface area contributed by atoms with Crippen molar-refractivity contribution < 1.29 is 8.78 Å². The van der Waals surface area contributed by atoms with Crippen LogP contribution in [0.3, 0.4) is 0 Å². The van der Waals surface area contributed by atoms with Crippen LogP contribution in [-0.4, -0.2) is 20.5 Å². The first kappa shape index (κ1) is 13.9. The van der Waals surface area contributed by atoms with E-state index in [1.165, 1.54) is 0 Å². The Kier molecular flexibility index (Phi) is 3.37. The molecule has 6 heteroatoms.